The number of hydrogen-bond donors (Lipinski definition) is 1. The maximum Gasteiger partial charge on any atom is 0.121 e. The largest absolute Gasteiger partial charge is 0.507 e. The molecule has 94 valence electrons. The van der Waals surface area contributed by atoms with Crippen LogP contribution in [0.5, 0.6) is 5.75 Å². The lowest BCUT2D eigenvalue weighted by molar-refractivity contribution is 0.467. The third-order valence-electron chi connectivity index (χ3n) is 3.57. The molecule has 0 aliphatic heterocycles. The van der Waals surface area contributed by atoms with Gasteiger partial charge in [-0.25, -0.2) is 0 Å². The van der Waals surface area contributed by atoms with E-state index in [2.05, 4.69) is 42.5 Å². The molecule has 0 aliphatic rings. The third-order valence-corrected chi connectivity index (χ3v) is 3.57. The molecule has 1 N–H and O–H groups in total. The Kier molecular flexibility index (Phi) is 2.75. The first kappa shape index (κ1) is 11.8. The lowest BCUT2D eigenvalue weighted by atomic mass is 9.97. The molecule has 0 bridgehead atoms. The molecule has 0 radical (unpaired) electrons. The maximum atomic E-state index is 9.85. The molecule has 19 heavy (non-hydrogen) atoms. The first-order valence-electron chi connectivity index (χ1n) is 6.44. The van der Waals surface area contributed by atoms with Gasteiger partial charge in [0.25, 0.3) is 0 Å². The molecule has 0 amide bonds. The molecule has 0 saturated heterocycles. The van der Waals surface area contributed by atoms with Crippen LogP contribution in [0.2, 0.25) is 0 Å². The van der Waals surface area contributed by atoms with Gasteiger partial charge in [0.15, 0.2) is 0 Å². The van der Waals surface area contributed by atoms with Crippen LogP contribution >= 0.6 is 0 Å². The summed E-state index contributed by atoms with van der Waals surface area (Å²) in [7, 11) is 0. The molecule has 0 atom stereocenters. The van der Waals surface area contributed by atoms with E-state index in [1.165, 1.54) is 16.3 Å². The summed E-state index contributed by atoms with van der Waals surface area (Å²) < 4.78 is 0. The standard InChI is InChI=1S/C18H16O/c1-12-9-17(10-13(2)18(12)19)16-8-7-14-5-3-4-6-15(14)11-16/h3-11,19H,1-2H3. The molecule has 0 unspecified atom stereocenters. The molecular weight excluding hydrogens is 232 g/mol. The topological polar surface area (TPSA) is 20.2 Å². The van der Waals surface area contributed by atoms with Gasteiger partial charge in [-0.3, -0.25) is 0 Å². The van der Waals surface area contributed by atoms with Crippen molar-refractivity contribution in [2.75, 3.05) is 0 Å². The van der Waals surface area contributed by atoms with E-state index in [9.17, 15) is 5.11 Å². The zero-order valence-corrected chi connectivity index (χ0v) is 11.1. The fraction of sp³-hybridized carbons (Fsp3) is 0.111. The number of hydrogen-bond acceptors (Lipinski definition) is 1. The van der Waals surface area contributed by atoms with E-state index in [-0.39, 0.29) is 0 Å². The highest BCUT2D eigenvalue weighted by Gasteiger charge is 2.05. The van der Waals surface area contributed by atoms with Crippen molar-refractivity contribution in [3.05, 3.63) is 65.7 Å². The number of benzene rings is 3. The van der Waals surface area contributed by atoms with E-state index >= 15 is 0 Å². The predicted molar refractivity (Wildman–Crippen MR) is 80.5 cm³/mol. The Morgan fingerprint density at radius 1 is 0.684 bits per heavy atom. The van der Waals surface area contributed by atoms with Gasteiger partial charge in [-0.2, -0.15) is 0 Å². The fourth-order valence-electron chi connectivity index (χ4n) is 2.49. The number of phenols is 1. The van der Waals surface area contributed by atoms with E-state index < -0.39 is 0 Å². The zero-order valence-electron chi connectivity index (χ0n) is 11.1. The second-order valence-electron chi connectivity index (χ2n) is 5.02. The summed E-state index contributed by atoms with van der Waals surface area (Å²) in [6.07, 6.45) is 0. The summed E-state index contributed by atoms with van der Waals surface area (Å²) in [6, 6.07) is 18.9. The fourth-order valence-corrected chi connectivity index (χ4v) is 2.49. The van der Waals surface area contributed by atoms with E-state index in [1.807, 2.05) is 26.0 Å². The van der Waals surface area contributed by atoms with Crippen molar-refractivity contribution in [1.29, 1.82) is 0 Å². The Hall–Kier alpha value is -2.28. The van der Waals surface area contributed by atoms with Crippen LogP contribution in [-0.4, -0.2) is 5.11 Å². The van der Waals surface area contributed by atoms with Gasteiger partial charge in [0.2, 0.25) is 0 Å². The van der Waals surface area contributed by atoms with Crippen LogP contribution in [0.1, 0.15) is 11.1 Å². The van der Waals surface area contributed by atoms with Crippen molar-refractivity contribution in [2.24, 2.45) is 0 Å². The molecule has 0 heterocycles. The molecule has 0 aliphatic carbocycles. The smallest absolute Gasteiger partial charge is 0.121 e. The lowest BCUT2D eigenvalue weighted by Gasteiger charge is -2.09. The third kappa shape index (κ3) is 2.08. The Labute approximate surface area is 113 Å². The molecule has 3 rings (SSSR count). The van der Waals surface area contributed by atoms with Gasteiger partial charge >= 0.3 is 0 Å². The van der Waals surface area contributed by atoms with Crippen LogP contribution in [0.15, 0.2) is 54.6 Å². The average Bonchev–Trinajstić information content (AvgIpc) is 2.43. The maximum absolute atomic E-state index is 9.85. The molecular formula is C18H16O. The molecule has 0 aromatic heterocycles. The minimum Gasteiger partial charge on any atom is -0.507 e. The monoisotopic (exact) mass is 248 g/mol. The quantitative estimate of drug-likeness (QED) is 0.654. The molecule has 0 saturated carbocycles. The van der Waals surface area contributed by atoms with Gasteiger partial charge in [-0.1, -0.05) is 36.4 Å². The molecule has 1 heteroatoms. The van der Waals surface area contributed by atoms with Crippen LogP contribution in [0.25, 0.3) is 21.9 Å². The summed E-state index contributed by atoms with van der Waals surface area (Å²) >= 11 is 0. The van der Waals surface area contributed by atoms with Crippen molar-refractivity contribution in [3.8, 4) is 16.9 Å². The summed E-state index contributed by atoms with van der Waals surface area (Å²) in [6.45, 7) is 3.87. The Balaban J connectivity index is 2.19. The van der Waals surface area contributed by atoms with Gasteiger partial charge in [-0.05, 0) is 65.1 Å². The second-order valence-corrected chi connectivity index (χ2v) is 5.02. The van der Waals surface area contributed by atoms with Gasteiger partial charge < -0.3 is 5.11 Å². The highest BCUT2D eigenvalue weighted by molar-refractivity contribution is 5.87. The van der Waals surface area contributed by atoms with Crippen LogP contribution in [0, 0.1) is 13.8 Å². The molecule has 3 aromatic carbocycles. The van der Waals surface area contributed by atoms with Crippen LogP contribution < -0.4 is 0 Å². The van der Waals surface area contributed by atoms with Crippen LogP contribution in [0.4, 0.5) is 0 Å². The summed E-state index contributed by atoms with van der Waals surface area (Å²) in [5.41, 5.74) is 4.18. The number of aryl methyl sites for hydroxylation is 2. The molecule has 0 fully saturated rings. The van der Waals surface area contributed by atoms with E-state index in [0.717, 1.165) is 16.7 Å². The van der Waals surface area contributed by atoms with Crippen LogP contribution in [-0.2, 0) is 0 Å². The SMILES string of the molecule is Cc1cc(-c2ccc3ccccc3c2)cc(C)c1O. The Morgan fingerprint density at radius 2 is 1.32 bits per heavy atom. The summed E-state index contributed by atoms with van der Waals surface area (Å²) in [5.74, 6) is 0.393. The number of phenolic OH excluding ortho intramolecular Hbond substituents is 1. The van der Waals surface area contributed by atoms with Crippen molar-refractivity contribution in [3.63, 3.8) is 0 Å². The highest BCUT2D eigenvalue weighted by atomic mass is 16.3. The first-order valence-corrected chi connectivity index (χ1v) is 6.44. The summed E-state index contributed by atoms with van der Waals surface area (Å²) in [5, 5.41) is 12.3. The molecule has 3 aromatic rings. The van der Waals surface area contributed by atoms with Gasteiger partial charge in [-0.15, -0.1) is 0 Å². The van der Waals surface area contributed by atoms with Crippen molar-refractivity contribution >= 4 is 10.8 Å². The number of rotatable bonds is 1. The van der Waals surface area contributed by atoms with Gasteiger partial charge in [0, 0.05) is 0 Å². The van der Waals surface area contributed by atoms with E-state index in [4.69, 9.17) is 0 Å². The van der Waals surface area contributed by atoms with Crippen molar-refractivity contribution in [1.82, 2.24) is 0 Å². The number of fused-ring (bicyclic) bond motifs is 1. The zero-order chi connectivity index (χ0) is 13.4. The van der Waals surface area contributed by atoms with Crippen molar-refractivity contribution < 1.29 is 5.11 Å². The van der Waals surface area contributed by atoms with Crippen molar-refractivity contribution in [2.45, 2.75) is 13.8 Å². The Bertz CT molecular complexity index is 733. The first-order chi connectivity index (χ1) is 9.15. The molecule has 0 spiro atoms. The van der Waals surface area contributed by atoms with E-state index in [1.54, 1.807) is 0 Å². The lowest BCUT2D eigenvalue weighted by Crippen LogP contribution is -1.85. The molecule has 1 nitrogen and oxygen atoms in total. The minimum atomic E-state index is 0.393. The number of aromatic hydroxyl groups is 1. The predicted octanol–water partition coefficient (Wildman–Crippen LogP) is 4.83. The normalized spacial score (nSPS) is 10.8. The highest BCUT2D eigenvalue weighted by Crippen LogP contribution is 2.30. The van der Waals surface area contributed by atoms with Gasteiger partial charge in [0.1, 0.15) is 5.75 Å². The van der Waals surface area contributed by atoms with E-state index in [0.29, 0.717) is 5.75 Å². The Morgan fingerprint density at radius 3 is 2.00 bits per heavy atom. The van der Waals surface area contributed by atoms with Gasteiger partial charge in [0.05, 0.1) is 0 Å². The summed E-state index contributed by atoms with van der Waals surface area (Å²) in [4.78, 5) is 0. The average molecular weight is 248 g/mol. The van der Waals surface area contributed by atoms with Crippen LogP contribution in [0.3, 0.4) is 0 Å². The second kappa shape index (κ2) is 4.43. The minimum absolute atomic E-state index is 0.393.